The predicted molar refractivity (Wildman–Crippen MR) is 128 cm³/mol. The average molecular weight is 410 g/mol. The molecule has 0 saturated carbocycles. The number of nitrogens with zero attached hydrogens (tertiary/aromatic N) is 1. The van der Waals surface area contributed by atoms with E-state index in [9.17, 15) is 0 Å². The van der Waals surface area contributed by atoms with Gasteiger partial charge in [0.15, 0.2) is 0 Å². The Balaban J connectivity index is 1.25. The molecule has 2 heteroatoms. The van der Waals surface area contributed by atoms with Crippen molar-refractivity contribution in [3.05, 3.63) is 101 Å². The Morgan fingerprint density at radius 3 is 2.13 bits per heavy atom. The van der Waals surface area contributed by atoms with E-state index >= 15 is 0 Å². The summed E-state index contributed by atoms with van der Waals surface area (Å²) >= 11 is 0. The van der Waals surface area contributed by atoms with E-state index in [0.29, 0.717) is 12.5 Å². The Kier molecular flexibility index (Phi) is 7.07. The van der Waals surface area contributed by atoms with Crippen molar-refractivity contribution >= 4 is 0 Å². The van der Waals surface area contributed by atoms with Crippen molar-refractivity contribution in [1.82, 2.24) is 4.90 Å². The molecule has 158 valence electrons. The van der Waals surface area contributed by atoms with Gasteiger partial charge in [0.2, 0.25) is 0 Å². The third-order valence-corrected chi connectivity index (χ3v) is 6.06. The van der Waals surface area contributed by atoms with Crippen molar-refractivity contribution in [2.45, 2.75) is 52.3 Å². The molecule has 3 aromatic rings. The minimum absolute atomic E-state index is 0.307. The standard InChI is InChI=1S/C29H31NO/c1-3-7-25(4-2)26-14-16-29(17-15-26)31-22-24-12-10-23(11-13-24)18-19-30-20-27-8-5-6-9-28(27)21-30/h5-6,8-17,25H,4,18-22H2,1-2H3. The van der Waals surface area contributed by atoms with Crippen LogP contribution >= 0.6 is 0 Å². The van der Waals surface area contributed by atoms with Gasteiger partial charge in [-0.25, -0.2) is 0 Å². The first-order chi connectivity index (χ1) is 15.2. The van der Waals surface area contributed by atoms with Crippen molar-refractivity contribution in [2.24, 2.45) is 0 Å². The summed E-state index contributed by atoms with van der Waals surface area (Å²) in [5.41, 5.74) is 6.80. The van der Waals surface area contributed by atoms with E-state index in [1.165, 1.54) is 27.8 Å². The lowest BCUT2D eigenvalue weighted by molar-refractivity contribution is 0.288. The zero-order valence-corrected chi connectivity index (χ0v) is 18.6. The number of ether oxygens (including phenoxy) is 1. The number of rotatable bonds is 8. The van der Waals surface area contributed by atoms with Crippen molar-refractivity contribution in [3.63, 3.8) is 0 Å². The predicted octanol–water partition coefficient (Wildman–Crippen LogP) is 6.34. The van der Waals surface area contributed by atoms with Crippen molar-refractivity contribution in [2.75, 3.05) is 6.54 Å². The molecule has 4 rings (SSSR count). The molecular weight excluding hydrogens is 378 g/mol. The minimum atomic E-state index is 0.307. The highest BCUT2D eigenvalue weighted by Gasteiger charge is 2.17. The summed E-state index contributed by atoms with van der Waals surface area (Å²) in [5, 5.41) is 0. The van der Waals surface area contributed by atoms with Crippen molar-refractivity contribution < 1.29 is 4.74 Å². The van der Waals surface area contributed by atoms with Gasteiger partial charge in [-0.1, -0.05) is 73.5 Å². The molecule has 1 atom stereocenters. The van der Waals surface area contributed by atoms with Crippen LogP contribution in [0, 0.1) is 11.8 Å². The van der Waals surface area contributed by atoms with E-state index in [-0.39, 0.29) is 0 Å². The second-order valence-corrected chi connectivity index (χ2v) is 8.26. The summed E-state index contributed by atoms with van der Waals surface area (Å²) in [4.78, 5) is 2.53. The van der Waals surface area contributed by atoms with Gasteiger partial charge in [0, 0.05) is 25.6 Å². The van der Waals surface area contributed by atoms with Gasteiger partial charge in [0.05, 0.1) is 0 Å². The Morgan fingerprint density at radius 1 is 0.871 bits per heavy atom. The highest BCUT2D eigenvalue weighted by Crippen LogP contribution is 2.23. The van der Waals surface area contributed by atoms with Crippen LogP contribution in [-0.2, 0) is 26.1 Å². The lowest BCUT2D eigenvalue weighted by atomic mass is 9.97. The molecule has 0 saturated heterocycles. The van der Waals surface area contributed by atoms with Gasteiger partial charge in [-0.05, 0) is 59.7 Å². The van der Waals surface area contributed by atoms with Crippen LogP contribution in [0.1, 0.15) is 54.0 Å². The number of benzene rings is 3. The molecular formula is C29H31NO. The summed E-state index contributed by atoms with van der Waals surface area (Å²) in [6.45, 7) is 7.91. The van der Waals surface area contributed by atoms with Crippen molar-refractivity contribution in [3.8, 4) is 17.6 Å². The van der Waals surface area contributed by atoms with Gasteiger partial charge in [-0.15, -0.1) is 5.92 Å². The third kappa shape index (κ3) is 5.57. The molecule has 2 nitrogen and oxygen atoms in total. The Bertz CT molecular complexity index is 1020. The molecule has 31 heavy (non-hydrogen) atoms. The maximum absolute atomic E-state index is 5.99. The number of hydrogen-bond donors (Lipinski definition) is 0. The normalized spacial score (nSPS) is 13.9. The van der Waals surface area contributed by atoms with Crippen LogP contribution in [0.4, 0.5) is 0 Å². The first-order valence-corrected chi connectivity index (χ1v) is 11.3. The van der Waals surface area contributed by atoms with Gasteiger partial charge in [-0.3, -0.25) is 4.90 Å². The van der Waals surface area contributed by atoms with E-state index in [4.69, 9.17) is 4.74 Å². The van der Waals surface area contributed by atoms with E-state index in [1.54, 1.807) is 0 Å². The summed E-state index contributed by atoms with van der Waals surface area (Å²) in [5.74, 6) is 7.51. The van der Waals surface area contributed by atoms with Gasteiger partial charge >= 0.3 is 0 Å². The van der Waals surface area contributed by atoms with Crippen LogP contribution < -0.4 is 4.74 Å². The second kappa shape index (κ2) is 10.3. The maximum atomic E-state index is 5.99. The molecule has 1 heterocycles. The number of hydrogen-bond acceptors (Lipinski definition) is 2. The zero-order valence-electron chi connectivity index (χ0n) is 18.6. The first-order valence-electron chi connectivity index (χ1n) is 11.3. The average Bonchev–Trinajstić information content (AvgIpc) is 3.24. The second-order valence-electron chi connectivity index (χ2n) is 8.26. The third-order valence-electron chi connectivity index (χ3n) is 6.06. The van der Waals surface area contributed by atoms with Crippen LogP contribution in [0.25, 0.3) is 0 Å². The van der Waals surface area contributed by atoms with E-state index < -0.39 is 0 Å². The fourth-order valence-electron chi connectivity index (χ4n) is 4.21. The molecule has 0 radical (unpaired) electrons. The van der Waals surface area contributed by atoms with Gasteiger partial charge < -0.3 is 4.74 Å². The first kappa shape index (κ1) is 21.2. The Morgan fingerprint density at radius 2 is 1.52 bits per heavy atom. The van der Waals surface area contributed by atoms with E-state index in [2.05, 4.69) is 96.5 Å². The highest BCUT2D eigenvalue weighted by molar-refractivity contribution is 5.34. The smallest absolute Gasteiger partial charge is 0.119 e. The summed E-state index contributed by atoms with van der Waals surface area (Å²) in [7, 11) is 0. The molecule has 0 spiro atoms. The van der Waals surface area contributed by atoms with Crippen LogP contribution in [-0.4, -0.2) is 11.4 Å². The monoisotopic (exact) mass is 409 g/mol. The molecule has 0 aromatic heterocycles. The lowest BCUT2D eigenvalue weighted by Gasteiger charge is -2.15. The minimum Gasteiger partial charge on any atom is -0.489 e. The molecule has 0 aliphatic carbocycles. The van der Waals surface area contributed by atoms with Crippen molar-refractivity contribution in [1.29, 1.82) is 0 Å². The molecule has 1 aliphatic heterocycles. The van der Waals surface area contributed by atoms with Crippen LogP contribution in [0.3, 0.4) is 0 Å². The number of fused-ring (bicyclic) bond motifs is 1. The van der Waals surface area contributed by atoms with Gasteiger partial charge in [0.1, 0.15) is 12.4 Å². The fourth-order valence-corrected chi connectivity index (χ4v) is 4.21. The molecule has 0 N–H and O–H groups in total. The van der Waals surface area contributed by atoms with Crippen LogP contribution in [0.5, 0.6) is 5.75 Å². The summed E-state index contributed by atoms with van der Waals surface area (Å²) in [6.07, 6.45) is 2.11. The Hall–Kier alpha value is -3.02. The zero-order chi connectivity index (χ0) is 21.5. The van der Waals surface area contributed by atoms with Crippen LogP contribution in [0.15, 0.2) is 72.8 Å². The molecule has 1 aliphatic rings. The van der Waals surface area contributed by atoms with Gasteiger partial charge in [-0.2, -0.15) is 0 Å². The highest BCUT2D eigenvalue weighted by atomic mass is 16.5. The summed E-state index contributed by atoms with van der Waals surface area (Å²) in [6, 6.07) is 26.0. The molecule has 3 aromatic carbocycles. The Labute approximate surface area is 186 Å². The van der Waals surface area contributed by atoms with Gasteiger partial charge in [0.25, 0.3) is 0 Å². The molecule has 0 bridgehead atoms. The lowest BCUT2D eigenvalue weighted by Crippen LogP contribution is -2.19. The maximum Gasteiger partial charge on any atom is 0.119 e. The quantitative estimate of drug-likeness (QED) is 0.403. The fraction of sp³-hybridized carbons (Fsp3) is 0.310. The topological polar surface area (TPSA) is 12.5 Å². The molecule has 1 unspecified atom stereocenters. The van der Waals surface area contributed by atoms with E-state index in [0.717, 1.165) is 38.2 Å². The molecule has 0 fully saturated rings. The largest absolute Gasteiger partial charge is 0.489 e. The van der Waals surface area contributed by atoms with E-state index in [1.807, 2.05) is 6.92 Å². The SMILES string of the molecule is CC#CC(CC)c1ccc(OCc2ccc(CCN3Cc4ccccc4C3)cc2)cc1. The van der Waals surface area contributed by atoms with Crippen LogP contribution in [0.2, 0.25) is 0 Å². The summed E-state index contributed by atoms with van der Waals surface area (Å²) < 4.78 is 5.99. The molecule has 0 amide bonds.